The molecule has 3 N–H and O–H groups in total. The van der Waals surface area contributed by atoms with E-state index in [0.717, 1.165) is 0 Å². The Morgan fingerprint density at radius 3 is 3.00 bits per heavy atom. The average molecular weight is 170 g/mol. The zero-order valence-corrected chi connectivity index (χ0v) is 6.95. The molecule has 0 saturated carbocycles. The number of nitrogens with two attached hydrogens (primary N) is 1. The van der Waals surface area contributed by atoms with Gasteiger partial charge in [-0.3, -0.25) is 4.79 Å². The highest BCUT2D eigenvalue weighted by Crippen LogP contribution is 2.10. The van der Waals surface area contributed by atoms with E-state index in [1.165, 1.54) is 0 Å². The third-order valence-electron chi connectivity index (χ3n) is 1.88. The predicted molar refractivity (Wildman–Crippen MR) is 45.5 cm³/mol. The lowest BCUT2D eigenvalue weighted by Crippen LogP contribution is -2.40. The van der Waals surface area contributed by atoms with Gasteiger partial charge in [0.2, 0.25) is 5.91 Å². The highest BCUT2D eigenvalue weighted by molar-refractivity contribution is 5.79. The number of hydrogen-bond donors (Lipinski definition) is 2. The number of amides is 1. The van der Waals surface area contributed by atoms with E-state index in [1.54, 1.807) is 6.08 Å². The van der Waals surface area contributed by atoms with Crippen molar-refractivity contribution in [3.05, 3.63) is 12.7 Å². The minimum absolute atomic E-state index is 0.0418. The van der Waals surface area contributed by atoms with E-state index in [9.17, 15) is 4.79 Å². The molecule has 12 heavy (non-hydrogen) atoms. The molecule has 1 aliphatic heterocycles. The molecule has 4 heteroatoms. The lowest BCUT2D eigenvalue weighted by atomic mass is 10.0. The molecule has 2 unspecified atom stereocenters. The standard InChI is InChI=1S/C8H14N2O2/c1-2-3-10-8(11)6-4-12-5-7(6)9/h2,6-7H,1,3-5,9H2,(H,10,11). The number of rotatable bonds is 3. The molecule has 1 fully saturated rings. The zero-order chi connectivity index (χ0) is 8.97. The molecule has 0 spiro atoms. The first kappa shape index (κ1) is 9.22. The molecule has 1 amide bonds. The Morgan fingerprint density at radius 2 is 2.50 bits per heavy atom. The van der Waals surface area contributed by atoms with Crippen LogP contribution < -0.4 is 11.1 Å². The van der Waals surface area contributed by atoms with E-state index >= 15 is 0 Å². The van der Waals surface area contributed by atoms with Gasteiger partial charge >= 0.3 is 0 Å². The van der Waals surface area contributed by atoms with Crippen molar-refractivity contribution in [1.29, 1.82) is 0 Å². The Labute approximate surface area is 71.8 Å². The first-order valence-electron chi connectivity index (χ1n) is 3.97. The fraction of sp³-hybridized carbons (Fsp3) is 0.625. The summed E-state index contributed by atoms with van der Waals surface area (Å²) in [7, 11) is 0. The Bertz CT molecular complexity index is 182. The maximum absolute atomic E-state index is 11.3. The van der Waals surface area contributed by atoms with Crippen molar-refractivity contribution in [2.45, 2.75) is 6.04 Å². The molecular weight excluding hydrogens is 156 g/mol. The van der Waals surface area contributed by atoms with Crippen LogP contribution in [0.1, 0.15) is 0 Å². The highest BCUT2D eigenvalue weighted by atomic mass is 16.5. The van der Waals surface area contributed by atoms with Crippen LogP contribution in [-0.2, 0) is 9.53 Å². The third kappa shape index (κ3) is 2.06. The summed E-state index contributed by atoms with van der Waals surface area (Å²) in [5, 5.41) is 2.69. The van der Waals surface area contributed by atoms with Crippen molar-refractivity contribution in [3.63, 3.8) is 0 Å². The molecule has 0 aromatic rings. The zero-order valence-electron chi connectivity index (χ0n) is 6.95. The molecule has 0 aromatic heterocycles. The molecular formula is C8H14N2O2. The van der Waals surface area contributed by atoms with Gasteiger partial charge in [0, 0.05) is 12.6 Å². The minimum Gasteiger partial charge on any atom is -0.379 e. The molecule has 68 valence electrons. The van der Waals surface area contributed by atoms with Gasteiger partial charge in [-0.15, -0.1) is 6.58 Å². The molecule has 2 atom stereocenters. The Balaban J connectivity index is 2.35. The van der Waals surface area contributed by atoms with Crippen LogP contribution in [0.5, 0.6) is 0 Å². The average Bonchev–Trinajstić information content (AvgIpc) is 2.47. The third-order valence-corrected chi connectivity index (χ3v) is 1.88. The molecule has 0 bridgehead atoms. The van der Waals surface area contributed by atoms with Gasteiger partial charge in [0.25, 0.3) is 0 Å². The van der Waals surface area contributed by atoms with Crippen molar-refractivity contribution < 1.29 is 9.53 Å². The fourth-order valence-corrected chi connectivity index (χ4v) is 1.14. The van der Waals surface area contributed by atoms with Crippen LogP contribution in [0, 0.1) is 5.92 Å². The van der Waals surface area contributed by atoms with E-state index in [1.807, 2.05) is 0 Å². The molecule has 1 aliphatic rings. The Morgan fingerprint density at radius 1 is 1.75 bits per heavy atom. The van der Waals surface area contributed by atoms with Gasteiger partial charge in [0.05, 0.1) is 19.1 Å². The summed E-state index contributed by atoms with van der Waals surface area (Å²) in [4.78, 5) is 11.3. The van der Waals surface area contributed by atoms with Crippen LogP contribution in [-0.4, -0.2) is 31.7 Å². The van der Waals surface area contributed by atoms with E-state index in [4.69, 9.17) is 10.5 Å². The second kappa shape index (κ2) is 4.23. The van der Waals surface area contributed by atoms with Gasteiger partial charge in [-0.1, -0.05) is 6.08 Å². The first-order chi connectivity index (χ1) is 5.75. The van der Waals surface area contributed by atoms with E-state index in [-0.39, 0.29) is 17.9 Å². The lowest BCUT2D eigenvalue weighted by molar-refractivity contribution is -0.125. The van der Waals surface area contributed by atoms with Gasteiger partial charge in [-0.2, -0.15) is 0 Å². The van der Waals surface area contributed by atoms with E-state index in [0.29, 0.717) is 19.8 Å². The SMILES string of the molecule is C=CCNC(=O)C1COCC1N. The predicted octanol–water partition coefficient (Wildman–Crippen LogP) is -0.738. The Kier molecular flexibility index (Phi) is 3.25. The fourth-order valence-electron chi connectivity index (χ4n) is 1.14. The highest BCUT2D eigenvalue weighted by Gasteiger charge is 2.30. The van der Waals surface area contributed by atoms with E-state index < -0.39 is 0 Å². The molecule has 4 nitrogen and oxygen atoms in total. The molecule has 1 saturated heterocycles. The Hall–Kier alpha value is -0.870. The van der Waals surface area contributed by atoms with Gasteiger partial charge < -0.3 is 15.8 Å². The van der Waals surface area contributed by atoms with Gasteiger partial charge in [-0.05, 0) is 0 Å². The topological polar surface area (TPSA) is 64.3 Å². The summed E-state index contributed by atoms with van der Waals surface area (Å²) >= 11 is 0. The molecule has 0 aliphatic carbocycles. The van der Waals surface area contributed by atoms with Crippen molar-refractivity contribution in [2.24, 2.45) is 11.7 Å². The smallest absolute Gasteiger partial charge is 0.227 e. The summed E-state index contributed by atoms with van der Waals surface area (Å²) in [6.07, 6.45) is 1.64. The lowest BCUT2D eigenvalue weighted by Gasteiger charge is -2.11. The second-order valence-corrected chi connectivity index (χ2v) is 2.84. The van der Waals surface area contributed by atoms with Crippen molar-refractivity contribution in [3.8, 4) is 0 Å². The summed E-state index contributed by atoms with van der Waals surface area (Å²) in [6, 6.07) is -0.158. The van der Waals surface area contributed by atoms with Crippen LogP contribution in [0.4, 0.5) is 0 Å². The number of nitrogens with one attached hydrogen (secondary N) is 1. The largest absolute Gasteiger partial charge is 0.379 e. The molecule has 1 heterocycles. The number of ether oxygens (including phenoxy) is 1. The van der Waals surface area contributed by atoms with Gasteiger partial charge in [0.15, 0.2) is 0 Å². The quantitative estimate of drug-likeness (QED) is 0.548. The van der Waals surface area contributed by atoms with Crippen LogP contribution in [0.25, 0.3) is 0 Å². The van der Waals surface area contributed by atoms with E-state index in [2.05, 4.69) is 11.9 Å². The molecule has 1 rings (SSSR count). The van der Waals surface area contributed by atoms with Gasteiger partial charge in [-0.25, -0.2) is 0 Å². The monoisotopic (exact) mass is 170 g/mol. The maximum atomic E-state index is 11.3. The molecule has 0 radical (unpaired) electrons. The minimum atomic E-state index is -0.190. The summed E-state index contributed by atoms with van der Waals surface area (Å²) in [6.45, 7) is 4.90. The van der Waals surface area contributed by atoms with Crippen molar-refractivity contribution in [1.82, 2.24) is 5.32 Å². The maximum Gasteiger partial charge on any atom is 0.227 e. The summed E-state index contributed by atoms with van der Waals surface area (Å²) in [5.74, 6) is -0.232. The number of hydrogen-bond acceptors (Lipinski definition) is 3. The molecule has 0 aromatic carbocycles. The van der Waals surface area contributed by atoms with Gasteiger partial charge in [0.1, 0.15) is 0 Å². The van der Waals surface area contributed by atoms with Crippen molar-refractivity contribution >= 4 is 5.91 Å². The summed E-state index contributed by atoms with van der Waals surface area (Å²) in [5.41, 5.74) is 5.64. The van der Waals surface area contributed by atoms with Crippen LogP contribution in [0.15, 0.2) is 12.7 Å². The summed E-state index contributed by atoms with van der Waals surface area (Å²) < 4.78 is 5.06. The first-order valence-corrected chi connectivity index (χ1v) is 3.97. The second-order valence-electron chi connectivity index (χ2n) is 2.84. The van der Waals surface area contributed by atoms with Crippen LogP contribution in [0.2, 0.25) is 0 Å². The van der Waals surface area contributed by atoms with Crippen LogP contribution >= 0.6 is 0 Å². The number of carbonyl (C=O) groups is 1. The van der Waals surface area contributed by atoms with Crippen molar-refractivity contribution in [2.75, 3.05) is 19.8 Å². The number of carbonyl (C=O) groups excluding carboxylic acids is 1. The normalized spacial score (nSPS) is 28.4. The van der Waals surface area contributed by atoms with Crippen LogP contribution in [0.3, 0.4) is 0 Å².